The molecular formula is C23H22N6O2S. The minimum absolute atomic E-state index is 0.0497. The minimum Gasteiger partial charge on any atom is -0.350 e. The Morgan fingerprint density at radius 2 is 1.78 bits per heavy atom. The number of nitrogens with zero attached hydrogens (tertiary/aromatic N) is 4. The van der Waals surface area contributed by atoms with Gasteiger partial charge in [0.25, 0.3) is 0 Å². The molecule has 0 unspecified atom stereocenters. The van der Waals surface area contributed by atoms with Crippen molar-refractivity contribution in [1.82, 2.24) is 24.6 Å². The van der Waals surface area contributed by atoms with E-state index in [0.29, 0.717) is 12.4 Å². The first-order valence-electron chi connectivity index (χ1n) is 10.3. The summed E-state index contributed by atoms with van der Waals surface area (Å²) >= 11 is 1.75. The van der Waals surface area contributed by atoms with Gasteiger partial charge in [0.05, 0.1) is 23.1 Å². The summed E-state index contributed by atoms with van der Waals surface area (Å²) in [7, 11) is 0. The predicted molar refractivity (Wildman–Crippen MR) is 124 cm³/mol. The lowest BCUT2D eigenvalue weighted by atomic mass is 10.2. The zero-order valence-corrected chi connectivity index (χ0v) is 18.1. The molecule has 0 radical (unpaired) electrons. The number of amides is 2. The fourth-order valence-electron chi connectivity index (χ4n) is 3.77. The second-order valence-corrected chi connectivity index (χ2v) is 8.58. The SMILES string of the molecule is O=C(Cn1nc2c(c1NC(=O)Cn1cnc3ccccc31)CSC2)NCc1ccccc1. The molecule has 2 aromatic carbocycles. The van der Waals surface area contributed by atoms with Gasteiger partial charge in [-0.1, -0.05) is 42.5 Å². The molecule has 0 saturated heterocycles. The van der Waals surface area contributed by atoms with E-state index in [2.05, 4.69) is 20.7 Å². The molecule has 3 heterocycles. The summed E-state index contributed by atoms with van der Waals surface area (Å²) < 4.78 is 3.42. The lowest BCUT2D eigenvalue weighted by Gasteiger charge is -2.12. The van der Waals surface area contributed by atoms with Crippen molar-refractivity contribution in [3.05, 3.63) is 77.7 Å². The van der Waals surface area contributed by atoms with E-state index in [9.17, 15) is 9.59 Å². The molecule has 2 aromatic heterocycles. The number of benzene rings is 2. The van der Waals surface area contributed by atoms with Crippen molar-refractivity contribution < 1.29 is 9.59 Å². The summed E-state index contributed by atoms with van der Waals surface area (Å²) in [6.45, 7) is 0.633. The van der Waals surface area contributed by atoms with Crippen LogP contribution in [-0.4, -0.2) is 31.1 Å². The smallest absolute Gasteiger partial charge is 0.245 e. The first-order chi connectivity index (χ1) is 15.7. The van der Waals surface area contributed by atoms with Crippen LogP contribution in [0.3, 0.4) is 0 Å². The molecule has 0 spiro atoms. The molecule has 0 fully saturated rings. The average molecular weight is 447 g/mol. The van der Waals surface area contributed by atoms with Crippen LogP contribution in [0.4, 0.5) is 5.82 Å². The number of carbonyl (C=O) groups is 2. The number of aromatic nitrogens is 4. The molecule has 4 aromatic rings. The average Bonchev–Trinajstić information content (AvgIpc) is 3.50. The summed E-state index contributed by atoms with van der Waals surface area (Å²) in [5.41, 5.74) is 4.69. The predicted octanol–water partition coefficient (Wildman–Crippen LogP) is 2.93. The molecule has 1 aliphatic heterocycles. The summed E-state index contributed by atoms with van der Waals surface area (Å²) in [6.07, 6.45) is 1.67. The number of hydrogen-bond donors (Lipinski definition) is 2. The number of thioether (sulfide) groups is 1. The van der Waals surface area contributed by atoms with Gasteiger partial charge in [0.15, 0.2) is 0 Å². The van der Waals surface area contributed by atoms with Gasteiger partial charge in [0.1, 0.15) is 18.9 Å². The Bertz CT molecular complexity index is 1280. The van der Waals surface area contributed by atoms with Crippen molar-refractivity contribution in [2.45, 2.75) is 31.1 Å². The maximum atomic E-state index is 12.9. The third-order valence-electron chi connectivity index (χ3n) is 5.34. The fourth-order valence-corrected chi connectivity index (χ4v) is 4.81. The highest BCUT2D eigenvalue weighted by molar-refractivity contribution is 7.98. The maximum absolute atomic E-state index is 12.9. The quantitative estimate of drug-likeness (QED) is 0.455. The van der Waals surface area contributed by atoms with Gasteiger partial charge in [-0.25, -0.2) is 9.67 Å². The number of fused-ring (bicyclic) bond motifs is 2. The Morgan fingerprint density at radius 3 is 2.66 bits per heavy atom. The van der Waals surface area contributed by atoms with E-state index in [-0.39, 0.29) is 24.9 Å². The Labute approximate surface area is 189 Å². The highest BCUT2D eigenvalue weighted by atomic mass is 32.2. The van der Waals surface area contributed by atoms with E-state index in [1.807, 2.05) is 59.2 Å². The van der Waals surface area contributed by atoms with Crippen molar-refractivity contribution in [3.63, 3.8) is 0 Å². The summed E-state index contributed by atoms with van der Waals surface area (Å²) in [6, 6.07) is 17.4. The minimum atomic E-state index is -0.182. The summed E-state index contributed by atoms with van der Waals surface area (Å²) in [5, 5.41) is 10.5. The lowest BCUT2D eigenvalue weighted by Crippen LogP contribution is -2.29. The molecule has 5 rings (SSSR count). The Hall–Kier alpha value is -3.59. The van der Waals surface area contributed by atoms with Gasteiger partial charge in [-0.3, -0.25) is 9.59 Å². The van der Waals surface area contributed by atoms with E-state index >= 15 is 0 Å². The van der Waals surface area contributed by atoms with E-state index in [1.165, 1.54) is 0 Å². The molecule has 0 bridgehead atoms. The third kappa shape index (κ3) is 4.24. The number of imidazole rings is 1. The van der Waals surface area contributed by atoms with Crippen LogP contribution < -0.4 is 10.6 Å². The Balaban J connectivity index is 1.29. The van der Waals surface area contributed by atoms with Crippen molar-refractivity contribution in [1.29, 1.82) is 0 Å². The molecule has 0 aliphatic carbocycles. The Morgan fingerprint density at radius 1 is 0.969 bits per heavy atom. The number of rotatable bonds is 7. The van der Waals surface area contributed by atoms with E-state index < -0.39 is 0 Å². The normalized spacial score (nSPS) is 12.6. The van der Waals surface area contributed by atoms with Gasteiger partial charge in [0, 0.05) is 23.6 Å². The molecule has 162 valence electrons. The molecule has 32 heavy (non-hydrogen) atoms. The van der Waals surface area contributed by atoms with Crippen LogP contribution in [0.1, 0.15) is 16.8 Å². The first kappa shape index (κ1) is 20.3. The van der Waals surface area contributed by atoms with Gasteiger partial charge in [-0.05, 0) is 17.7 Å². The van der Waals surface area contributed by atoms with Crippen molar-refractivity contribution >= 4 is 40.4 Å². The zero-order valence-electron chi connectivity index (χ0n) is 17.3. The fraction of sp³-hybridized carbons (Fsp3) is 0.217. The molecular weight excluding hydrogens is 424 g/mol. The zero-order chi connectivity index (χ0) is 21.9. The molecule has 2 N–H and O–H groups in total. The highest BCUT2D eigenvalue weighted by Gasteiger charge is 2.25. The topological polar surface area (TPSA) is 93.8 Å². The van der Waals surface area contributed by atoms with E-state index in [4.69, 9.17) is 0 Å². The highest BCUT2D eigenvalue weighted by Crippen LogP contribution is 2.34. The summed E-state index contributed by atoms with van der Waals surface area (Å²) in [5.74, 6) is 1.82. The van der Waals surface area contributed by atoms with Crippen LogP contribution in [0.15, 0.2) is 60.9 Å². The standard InChI is InChI=1S/C23H22N6O2S/c30-21(24-10-16-6-2-1-3-7-16)12-29-23(17-13-32-14-19(17)27-29)26-22(31)11-28-15-25-18-8-4-5-9-20(18)28/h1-9,15H,10-14H2,(H,24,30)(H,26,31). The number of hydrogen-bond acceptors (Lipinski definition) is 5. The van der Waals surface area contributed by atoms with Crippen molar-refractivity contribution in [2.75, 3.05) is 5.32 Å². The Kier molecular flexibility index (Phi) is 5.64. The number of anilines is 1. The van der Waals surface area contributed by atoms with E-state index in [0.717, 1.165) is 39.4 Å². The van der Waals surface area contributed by atoms with Gasteiger partial charge in [0.2, 0.25) is 11.8 Å². The van der Waals surface area contributed by atoms with Gasteiger partial charge in [-0.2, -0.15) is 16.9 Å². The van der Waals surface area contributed by atoms with Crippen LogP contribution in [0.2, 0.25) is 0 Å². The molecule has 8 nitrogen and oxygen atoms in total. The molecule has 2 amide bonds. The van der Waals surface area contributed by atoms with Gasteiger partial charge < -0.3 is 15.2 Å². The number of nitrogens with one attached hydrogen (secondary N) is 2. The number of para-hydroxylation sites is 2. The second kappa shape index (κ2) is 8.88. The van der Waals surface area contributed by atoms with Crippen LogP contribution in [0.5, 0.6) is 0 Å². The van der Waals surface area contributed by atoms with Gasteiger partial charge >= 0.3 is 0 Å². The van der Waals surface area contributed by atoms with Crippen LogP contribution in [0, 0.1) is 0 Å². The van der Waals surface area contributed by atoms with Crippen LogP contribution in [-0.2, 0) is 40.7 Å². The lowest BCUT2D eigenvalue weighted by molar-refractivity contribution is -0.122. The van der Waals surface area contributed by atoms with Crippen LogP contribution in [0.25, 0.3) is 11.0 Å². The number of carbonyl (C=O) groups excluding carboxylic acids is 2. The summed E-state index contributed by atoms with van der Waals surface area (Å²) in [4.78, 5) is 29.8. The van der Waals surface area contributed by atoms with Crippen molar-refractivity contribution in [3.8, 4) is 0 Å². The molecule has 0 saturated carbocycles. The molecule has 9 heteroatoms. The molecule has 1 aliphatic rings. The van der Waals surface area contributed by atoms with Crippen molar-refractivity contribution in [2.24, 2.45) is 0 Å². The largest absolute Gasteiger partial charge is 0.350 e. The second-order valence-electron chi connectivity index (χ2n) is 7.60. The third-order valence-corrected chi connectivity index (χ3v) is 6.31. The van der Waals surface area contributed by atoms with Gasteiger partial charge in [-0.15, -0.1) is 0 Å². The monoisotopic (exact) mass is 446 g/mol. The van der Waals surface area contributed by atoms with Crippen LogP contribution >= 0.6 is 11.8 Å². The molecule has 0 atom stereocenters. The maximum Gasteiger partial charge on any atom is 0.245 e. The van der Waals surface area contributed by atoms with E-state index in [1.54, 1.807) is 22.8 Å². The first-order valence-corrected chi connectivity index (χ1v) is 11.5.